The van der Waals surface area contributed by atoms with Gasteiger partial charge in [-0.1, -0.05) is 23.8 Å². The zero-order valence-corrected chi connectivity index (χ0v) is 13.4. The van der Waals surface area contributed by atoms with Crippen LogP contribution in [-0.4, -0.2) is 13.4 Å². The van der Waals surface area contributed by atoms with Crippen LogP contribution < -0.4 is 4.72 Å². The van der Waals surface area contributed by atoms with Gasteiger partial charge in [-0.2, -0.15) is 4.98 Å². The van der Waals surface area contributed by atoms with E-state index >= 15 is 0 Å². The number of aryl methyl sites for hydroxylation is 1. The van der Waals surface area contributed by atoms with Gasteiger partial charge in [0.1, 0.15) is 5.52 Å². The van der Waals surface area contributed by atoms with Crippen molar-refractivity contribution in [2.24, 2.45) is 0 Å². The third-order valence-electron chi connectivity index (χ3n) is 2.92. The molecule has 0 fully saturated rings. The summed E-state index contributed by atoms with van der Waals surface area (Å²) in [6.07, 6.45) is 0. The van der Waals surface area contributed by atoms with Crippen LogP contribution in [0.3, 0.4) is 0 Å². The SMILES string of the molecule is Cc1ccc(S(=O)(=O)Nc2nc3cccc(Br)c3o2)cc1. The molecule has 0 spiro atoms. The van der Waals surface area contributed by atoms with Crippen LogP contribution in [-0.2, 0) is 10.0 Å². The quantitative estimate of drug-likeness (QED) is 0.766. The molecule has 0 aliphatic heterocycles. The average Bonchev–Trinajstić information content (AvgIpc) is 2.82. The lowest BCUT2D eigenvalue weighted by Gasteiger charge is -2.04. The second-order valence-corrected chi connectivity index (χ2v) is 7.06. The Morgan fingerprint density at radius 1 is 1.14 bits per heavy atom. The van der Waals surface area contributed by atoms with E-state index in [1.807, 2.05) is 6.92 Å². The van der Waals surface area contributed by atoms with E-state index in [2.05, 4.69) is 25.6 Å². The van der Waals surface area contributed by atoms with Gasteiger partial charge in [-0.25, -0.2) is 13.1 Å². The lowest BCUT2D eigenvalue weighted by atomic mass is 10.2. The number of fused-ring (bicyclic) bond motifs is 1. The number of nitrogens with zero attached hydrogens (tertiary/aromatic N) is 1. The molecule has 1 N–H and O–H groups in total. The third kappa shape index (κ3) is 2.79. The summed E-state index contributed by atoms with van der Waals surface area (Å²) in [6, 6.07) is 11.8. The van der Waals surface area contributed by atoms with Crippen molar-refractivity contribution >= 4 is 43.1 Å². The molecule has 7 heteroatoms. The smallest absolute Gasteiger partial charge is 0.310 e. The van der Waals surface area contributed by atoms with Crippen molar-refractivity contribution in [3.63, 3.8) is 0 Å². The molecule has 3 aromatic rings. The highest BCUT2D eigenvalue weighted by Crippen LogP contribution is 2.27. The van der Waals surface area contributed by atoms with Gasteiger partial charge in [-0.3, -0.25) is 0 Å². The lowest BCUT2D eigenvalue weighted by Crippen LogP contribution is -2.13. The van der Waals surface area contributed by atoms with E-state index in [1.54, 1.807) is 30.3 Å². The zero-order valence-electron chi connectivity index (χ0n) is 11.0. The molecular weight excluding hydrogens is 356 g/mol. The second kappa shape index (κ2) is 5.16. The second-order valence-electron chi connectivity index (χ2n) is 4.53. The van der Waals surface area contributed by atoms with Crippen molar-refractivity contribution in [3.05, 3.63) is 52.5 Å². The number of benzene rings is 2. The molecule has 0 amide bonds. The maximum Gasteiger partial charge on any atom is 0.310 e. The largest absolute Gasteiger partial charge is 0.422 e. The van der Waals surface area contributed by atoms with E-state index in [9.17, 15) is 8.42 Å². The van der Waals surface area contributed by atoms with Crippen LogP contribution in [0, 0.1) is 6.92 Å². The molecule has 0 atom stereocenters. The molecule has 2 aromatic carbocycles. The molecule has 0 radical (unpaired) electrons. The number of hydrogen-bond donors (Lipinski definition) is 1. The Morgan fingerprint density at radius 2 is 1.86 bits per heavy atom. The van der Waals surface area contributed by atoms with Crippen LogP contribution >= 0.6 is 15.9 Å². The minimum atomic E-state index is -3.71. The van der Waals surface area contributed by atoms with Crippen molar-refractivity contribution in [2.45, 2.75) is 11.8 Å². The Labute approximate surface area is 130 Å². The van der Waals surface area contributed by atoms with Gasteiger partial charge in [-0.15, -0.1) is 0 Å². The normalized spacial score (nSPS) is 11.7. The van der Waals surface area contributed by atoms with Gasteiger partial charge in [0, 0.05) is 0 Å². The van der Waals surface area contributed by atoms with Gasteiger partial charge in [0.05, 0.1) is 9.37 Å². The number of halogens is 1. The molecule has 21 heavy (non-hydrogen) atoms. The van der Waals surface area contributed by atoms with Crippen LogP contribution in [0.1, 0.15) is 5.56 Å². The Balaban J connectivity index is 1.97. The van der Waals surface area contributed by atoms with Crippen LogP contribution in [0.4, 0.5) is 6.01 Å². The molecule has 0 saturated heterocycles. The van der Waals surface area contributed by atoms with Crippen molar-refractivity contribution in [1.82, 2.24) is 4.98 Å². The highest BCUT2D eigenvalue weighted by molar-refractivity contribution is 9.10. The molecule has 1 heterocycles. The molecule has 1 aromatic heterocycles. The fourth-order valence-electron chi connectivity index (χ4n) is 1.85. The molecule has 5 nitrogen and oxygen atoms in total. The number of nitrogens with one attached hydrogen (secondary N) is 1. The Kier molecular flexibility index (Phi) is 3.46. The van der Waals surface area contributed by atoms with E-state index in [0.29, 0.717) is 15.6 Å². The summed E-state index contributed by atoms with van der Waals surface area (Å²) in [5, 5.41) is 0. The number of oxazole rings is 1. The molecule has 0 unspecified atom stereocenters. The number of aromatic nitrogens is 1. The number of para-hydroxylation sites is 1. The lowest BCUT2D eigenvalue weighted by molar-refractivity contribution is 0.591. The van der Waals surface area contributed by atoms with E-state index in [-0.39, 0.29) is 10.9 Å². The van der Waals surface area contributed by atoms with Gasteiger partial charge in [0.2, 0.25) is 0 Å². The third-order valence-corrected chi connectivity index (χ3v) is 4.88. The maximum absolute atomic E-state index is 12.3. The minimum Gasteiger partial charge on any atom is -0.422 e. The maximum atomic E-state index is 12.3. The van der Waals surface area contributed by atoms with Crippen molar-refractivity contribution in [3.8, 4) is 0 Å². The first-order valence-electron chi connectivity index (χ1n) is 6.10. The molecule has 0 bridgehead atoms. The van der Waals surface area contributed by atoms with Gasteiger partial charge >= 0.3 is 6.01 Å². The molecule has 108 valence electrons. The van der Waals surface area contributed by atoms with Crippen molar-refractivity contribution in [2.75, 3.05) is 4.72 Å². The van der Waals surface area contributed by atoms with Crippen LogP contribution in [0.15, 0.2) is 56.2 Å². The van der Waals surface area contributed by atoms with Gasteiger partial charge in [0.25, 0.3) is 10.0 Å². The van der Waals surface area contributed by atoms with E-state index in [0.717, 1.165) is 5.56 Å². The monoisotopic (exact) mass is 366 g/mol. The summed E-state index contributed by atoms with van der Waals surface area (Å²) in [6.45, 7) is 1.89. The number of anilines is 1. The van der Waals surface area contributed by atoms with Gasteiger partial charge in [-0.05, 0) is 47.1 Å². The van der Waals surface area contributed by atoms with Crippen molar-refractivity contribution in [1.29, 1.82) is 0 Å². The molecule has 0 aliphatic carbocycles. The van der Waals surface area contributed by atoms with Crippen LogP contribution in [0.2, 0.25) is 0 Å². The topological polar surface area (TPSA) is 72.2 Å². The van der Waals surface area contributed by atoms with Gasteiger partial charge in [0.15, 0.2) is 5.58 Å². The van der Waals surface area contributed by atoms with Crippen LogP contribution in [0.25, 0.3) is 11.1 Å². The highest BCUT2D eigenvalue weighted by Gasteiger charge is 2.18. The van der Waals surface area contributed by atoms with Crippen LogP contribution in [0.5, 0.6) is 0 Å². The predicted octanol–water partition coefficient (Wildman–Crippen LogP) is 3.70. The number of sulfonamides is 1. The fraction of sp³-hybridized carbons (Fsp3) is 0.0714. The first kappa shape index (κ1) is 14.1. The summed E-state index contributed by atoms with van der Waals surface area (Å²) in [5.41, 5.74) is 2.06. The zero-order chi connectivity index (χ0) is 15.0. The summed E-state index contributed by atoms with van der Waals surface area (Å²) in [4.78, 5) is 4.28. The minimum absolute atomic E-state index is 0.0579. The Morgan fingerprint density at radius 3 is 2.52 bits per heavy atom. The van der Waals surface area contributed by atoms with E-state index in [4.69, 9.17) is 4.42 Å². The summed E-state index contributed by atoms with van der Waals surface area (Å²) >= 11 is 3.33. The summed E-state index contributed by atoms with van der Waals surface area (Å²) in [5.74, 6) is 0. The van der Waals surface area contributed by atoms with Crippen molar-refractivity contribution < 1.29 is 12.8 Å². The standard InChI is InChI=1S/C14H11BrN2O3S/c1-9-5-7-10(8-6-9)21(18,19)17-14-16-12-4-2-3-11(15)13(12)20-14/h2-8H,1H3,(H,16,17). The van der Waals surface area contributed by atoms with Gasteiger partial charge < -0.3 is 4.42 Å². The molecule has 0 aliphatic rings. The summed E-state index contributed by atoms with van der Waals surface area (Å²) in [7, 11) is -3.71. The first-order valence-corrected chi connectivity index (χ1v) is 8.38. The summed E-state index contributed by atoms with van der Waals surface area (Å²) < 4.78 is 33.0. The van der Waals surface area contributed by atoms with E-state index in [1.165, 1.54) is 12.1 Å². The first-order chi connectivity index (χ1) is 9.95. The highest BCUT2D eigenvalue weighted by atomic mass is 79.9. The average molecular weight is 367 g/mol. The molecular formula is C14H11BrN2O3S. The predicted molar refractivity (Wildman–Crippen MR) is 83.7 cm³/mol. The molecule has 0 saturated carbocycles. The van der Waals surface area contributed by atoms with E-state index < -0.39 is 10.0 Å². The fourth-order valence-corrected chi connectivity index (χ4v) is 3.22. The Bertz CT molecular complexity index is 902. The number of rotatable bonds is 3. The number of hydrogen-bond acceptors (Lipinski definition) is 4. The Hall–Kier alpha value is -1.86. The molecule has 3 rings (SSSR count).